The van der Waals surface area contributed by atoms with Crippen molar-refractivity contribution < 1.29 is 14.3 Å². The molecular formula is C24H26N2O3. The second kappa shape index (κ2) is 10.8. The highest BCUT2D eigenvalue weighted by atomic mass is 16.5. The Bertz CT molecular complexity index is 913. The number of anilines is 2. The van der Waals surface area contributed by atoms with Crippen molar-refractivity contribution in [3.8, 4) is 11.5 Å². The number of hydrogen-bond acceptors (Lipinski definition) is 4. The van der Waals surface area contributed by atoms with E-state index < -0.39 is 0 Å². The van der Waals surface area contributed by atoms with E-state index in [0.29, 0.717) is 24.7 Å². The second-order valence-corrected chi connectivity index (χ2v) is 6.58. The fraction of sp³-hybridized carbons (Fsp3) is 0.208. The third kappa shape index (κ3) is 6.88. The third-order valence-corrected chi connectivity index (χ3v) is 4.13. The number of hydrogen-bond donors (Lipinski definition) is 2. The molecule has 150 valence electrons. The molecule has 0 aliphatic carbocycles. The number of benzene rings is 3. The van der Waals surface area contributed by atoms with Crippen molar-refractivity contribution in [2.75, 3.05) is 23.8 Å². The Hall–Kier alpha value is -3.47. The highest BCUT2D eigenvalue weighted by Crippen LogP contribution is 2.19. The Morgan fingerprint density at radius 1 is 0.828 bits per heavy atom. The van der Waals surface area contributed by atoms with Gasteiger partial charge in [0.1, 0.15) is 18.1 Å². The molecule has 1 amide bonds. The molecule has 0 aromatic heterocycles. The quantitative estimate of drug-likeness (QED) is 0.505. The topological polar surface area (TPSA) is 59.6 Å². The van der Waals surface area contributed by atoms with Gasteiger partial charge in [0.05, 0.1) is 13.2 Å². The molecule has 5 heteroatoms. The predicted octanol–water partition coefficient (Wildman–Crippen LogP) is 5.11. The first kappa shape index (κ1) is 20.3. The Kier molecular flexibility index (Phi) is 7.52. The summed E-state index contributed by atoms with van der Waals surface area (Å²) in [6, 6.07) is 25.0. The van der Waals surface area contributed by atoms with Gasteiger partial charge in [0.2, 0.25) is 5.91 Å². The summed E-state index contributed by atoms with van der Waals surface area (Å²) < 4.78 is 11.4. The first-order valence-electron chi connectivity index (χ1n) is 9.76. The van der Waals surface area contributed by atoms with Gasteiger partial charge in [-0.25, -0.2) is 0 Å². The van der Waals surface area contributed by atoms with Gasteiger partial charge in [-0.3, -0.25) is 4.79 Å². The number of amides is 1. The molecule has 0 radical (unpaired) electrons. The van der Waals surface area contributed by atoms with E-state index >= 15 is 0 Å². The largest absolute Gasteiger partial charge is 0.494 e. The molecule has 29 heavy (non-hydrogen) atoms. The van der Waals surface area contributed by atoms with E-state index in [1.54, 1.807) is 0 Å². The van der Waals surface area contributed by atoms with Crippen LogP contribution in [-0.4, -0.2) is 19.1 Å². The number of ether oxygens (including phenoxy) is 2. The lowest BCUT2D eigenvalue weighted by Crippen LogP contribution is -2.21. The van der Waals surface area contributed by atoms with Crippen molar-refractivity contribution in [3.63, 3.8) is 0 Å². The highest BCUT2D eigenvalue weighted by Gasteiger charge is 2.05. The average Bonchev–Trinajstić information content (AvgIpc) is 2.76. The van der Waals surface area contributed by atoms with E-state index in [1.807, 2.05) is 78.9 Å². The number of rotatable bonds is 10. The zero-order valence-electron chi connectivity index (χ0n) is 16.6. The van der Waals surface area contributed by atoms with Gasteiger partial charge < -0.3 is 20.1 Å². The van der Waals surface area contributed by atoms with Gasteiger partial charge in [-0.05, 0) is 36.2 Å². The fourth-order valence-electron chi connectivity index (χ4n) is 2.71. The van der Waals surface area contributed by atoms with E-state index in [-0.39, 0.29) is 12.5 Å². The fourth-order valence-corrected chi connectivity index (χ4v) is 2.71. The Morgan fingerprint density at radius 3 is 2.28 bits per heavy atom. The third-order valence-electron chi connectivity index (χ3n) is 4.13. The molecule has 2 N–H and O–H groups in total. The summed E-state index contributed by atoms with van der Waals surface area (Å²) in [4.78, 5) is 12.3. The molecule has 0 bridgehead atoms. The zero-order chi connectivity index (χ0) is 20.3. The van der Waals surface area contributed by atoms with E-state index in [1.165, 1.54) is 0 Å². The summed E-state index contributed by atoms with van der Waals surface area (Å²) >= 11 is 0. The molecule has 5 nitrogen and oxygen atoms in total. The second-order valence-electron chi connectivity index (χ2n) is 6.58. The average molecular weight is 390 g/mol. The molecule has 0 saturated carbocycles. The SMILES string of the molecule is CCCOc1cccc(NCC(=O)Nc2cccc(OCc3ccccc3)c2)c1. The van der Waals surface area contributed by atoms with Crippen LogP contribution in [0.3, 0.4) is 0 Å². The van der Waals surface area contributed by atoms with E-state index in [2.05, 4.69) is 17.6 Å². The van der Waals surface area contributed by atoms with Crippen LogP contribution in [0.2, 0.25) is 0 Å². The Morgan fingerprint density at radius 2 is 1.52 bits per heavy atom. The van der Waals surface area contributed by atoms with Crippen LogP contribution in [-0.2, 0) is 11.4 Å². The Balaban J connectivity index is 1.49. The smallest absolute Gasteiger partial charge is 0.243 e. The first-order chi connectivity index (χ1) is 14.2. The van der Waals surface area contributed by atoms with Crippen LogP contribution in [0.25, 0.3) is 0 Å². The van der Waals surface area contributed by atoms with Crippen molar-refractivity contribution in [2.24, 2.45) is 0 Å². The van der Waals surface area contributed by atoms with Crippen LogP contribution < -0.4 is 20.1 Å². The van der Waals surface area contributed by atoms with Gasteiger partial charge in [-0.2, -0.15) is 0 Å². The van der Waals surface area contributed by atoms with Gasteiger partial charge in [-0.15, -0.1) is 0 Å². The molecule has 3 aromatic rings. The summed E-state index contributed by atoms with van der Waals surface area (Å²) in [6.45, 7) is 3.38. The van der Waals surface area contributed by atoms with Crippen molar-refractivity contribution in [2.45, 2.75) is 20.0 Å². The summed E-state index contributed by atoms with van der Waals surface area (Å²) in [5, 5.41) is 6.01. The van der Waals surface area contributed by atoms with Crippen LogP contribution in [0.5, 0.6) is 11.5 Å². The van der Waals surface area contributed by atoms with Crippen molar-refractivity contribution in [1.29, 1.82) is 0 Å². The van der Waals surface area contributed by atoms with Crippen LogP contribution in [0.1, 0.15) is 18.9 Å². The van der Waals surface area contributed by atoms with Gasteiger partial charge in [0.25, 0.3) is 0 Å². The molecule has 0 aliphatic heterocycles. The van der Waals surface area contributed by atoms with E-state index in [0.717, 1.165) is 23.4 Å². The molecule has 0 unspecified atom stereocenters. The molecule has 0 heterocycles. The molecule has 0 spiro atoms. The summed E-state index contributed by atoms with van der Waals surface area (Å²) in [6.07, 6.45) is 0.953. The molecule has 3 rings (SSSR count). The van der Waals surface area contributed by atoms with Gasteiger partial charge in [0.15, 0.2) is 0 Å². The molecule has 3 aromatic carbocycles. The molecule has 0 saturated heterocycles. The number of carbonyl (C=O) groups excluding carboxylic acids is 1. The molecular weight excluding hydrogens is 364 g/mol. The lowest BCUT2D eigenvalue weighted by Gasteiger charge is -2.11. The van der Waals surface area contributed by atoms with Crippen LogP contribution in [0, 0.1) is 0 Å². The first-order valence-corrected chi connectivity index (χ1v) is 9.76. The summed E-state index contributed by atoms with van der Waals surface area (Å²) in [5.41, 5.74) is 2.63. The van der Waals surface area contributed by atoms with Gasteiger partial charge in [0, 0.05) is 23.5 Å². The zero-order valence-corrected chi connectivity index (χ0v) is 16.6. The van der Waals surface area contributed by atoms with E-state index in [9.17, 15) is 4.79 Å². The lowest BCUT2D eigenvalue weighted by molar-refractivity contribution is -0.114. The van der Waals surface area contributed by atoms with Crippen LogP contribution in [0.15, 0.2) is 78.9 Å². The van der Waals surface area contributed by atoms with Gasteiger partial charge >= 0.3 is 0 Å². The van der Waals surface area contributed by atoms with Gasteiger partial charge in [-0.1, -0.05) is 49.4 Å². The highest BCUT2D eigenvalue weighted by molar-refractivity contribution is 5.93. The molecule has 0 atom stereocenters. The lowest BCUT2D eigenvalue weighted by atomic mass is 10.2. The maximum atomic E-state index is 12.3. The Labute approximate surface area is 171 Å². The predicted molar refractivity (Wildman–Crippen MR) is 117 cm³/mol. The summed E-state index contributed by atoms with van der Waals surface area (Å²) in [5.74, 6) is 1.37. The normalized spacial score (nSPS) is 10.2. The van der Waals surface area contributed by atoms with Crippen molar-refractivity contribution in [3.05, 3.63) is 84.4 Å². The monoisotopic (exact) mass is 390 g/mol. The summed E-state index contributed by atoms with van der Waals surface area (Å²) in [7, 11) is 0. The van der Waals surface area contributed by atoms with Crippen molar-refractivity contribution in [1.82, 2.24) is 0 Å². The minimum atomic E-state index is -0.134. The van der Waals surface area contributed by atoms with Crippen LogP contribution in [0.4, 0.5) is 11.4 Å². The standard InChI is InChI=1S/C24H26N2O3/c1-2-14-28-22-12-6-10-20(15-22)25-17-24(27)26-21-11-7-13-23(16-21)29-18-19-8-4-3-5-9-19/h3-13,15-16,25H,2,14,17-18H2,1H3,(H,26,27). The minimum absolute atomic E-state index is 0.134. The molecule has 0 fully saturated rings. The molecule has 0 aliphatic rings. The minimum Gasteiger partial charge on any atom is -0.494 e. The maximum Gasteiger partial charge on any atom is 0.243 e. The van der Waals surface area contributed by atoms with Crippen molar-refractivity contribution >= 4 is 17.3 Å². The van der Waals surface area contributed by atoms with Crippen LogP contribution >= 0.6 is 0 Å². The number of nitrogens with one attached hydrogen (secondary N) is 2. The number of carbonyl (C=O) groups is 1. The maximum absolute atomic E-state index is 12.3. The van der Waals surface area contributed by atoms with E-state index in [4.69, 9.17) is 9.47 Å².